The van der Waals surface area contributed by atoms with Crippen LogP contribution in [0.3, 0.4) is 0 Å². The molecule has 0 saturated carbocycles. The first-order chi connectivity index (χ1) is 14.1. The van der Waals surface area contributed by atoms with Crippen LogP contribution in [0.25, 0.3) is 0 Å². The summed E-state index contributed by atoms with van der Waals surface area (Å²) in [6, 6.07) is 16.4. The topological polar surface area (TPSA) is 60.9 Å². The highest BCUT2D eigenvalue weighted by atomic mass is 35.5. The van der Waals surface area contributed by atoms with Crippen molar-refractivity contribution in [2.45, 2.75) is 19.5 Å². The third-order valence-corrected chi connectivity index (χ3v) is 5.36. The van der Waals surface area contributed by atoms with Crippen molar-refractivity contribution < 1.29 is 18.8 Å². The Kier molecular flexibility index (Phi) is 5.79. The van der Waals surface area contributed by atoms with Gasteiger partial charge in [0, 0.05) is 28.6 Å². The molecule has 2 aromatic carbocycles. The Morgan fingerprint density at radius 2 is 1.86 bits per heavy atom. The molecule has 1 N–H and O–H groups in total. The number of carbonyl (C=O) groups excluding carboxylic acids is 1. The highest BCUT2D eigenvalue weighted by molar-refractivity contribution is 6.30. The Labute approximate surface area is 173 Å². The van der Waals surface area contributed by atoms with Crippen LogP contribution in [-0.4, -0.2) is 18.9 Å². The van der Waals surface area contributed by atoms with Gasteiger partial charge in [0.05, 0.1) is 6.54 Å². The van der Waals surface area contributed by atoms with Gasteiger partial charge in [0.2, 0.25) is 11.2 Å². The molecule has 29 heavy (non-hydrogen) atoms. The van der Waals surface area contributed by atoms with Crippen molar-refractivity contribution in [2.24, 2.45) is 0 Å². The Balaban J connectivity index is 1.36. The van der Waals surface area contributed by atoms with E-state index < -0.39 is 0 Å². The van der Waals surface area contributed by atoms with E-state index >= 15 is 0 Å². The van der Waals surface area contributed by atoms with Crippen LogP contribution in [0.5, 0.6) is 5.75 Å². The second-order valence-electron chi connectivity index (χ2n) is 7.17. The monoisotopic (exact) mass is 410 g/mol. The zero-order valence-electron chi connectivity index (χ0n) is 15.8. The minimum absolute atomic E-state index is 0.0371. The summed E-state index contributed by atoms with van der Waals surface area (Å²) in [5, 5.41) is 0.554. The summed E-state index contributed by atoms with van der Waals surface area (Å²) in [5.74, 6) is 0.414. The van der Waals surface area contributed by atoms with Crippen molar-refractivity contribution in [3.05, 3.63) is 98.6 Å². The molecule has 5 nitrogen and oxygen atoms in total. The van der Waals surface area contributed by atoms with Crippen molar-refractivity contribution in [2.75, 3.05) is 13.2 Å². The lowest BCUT2D eigenvalue weighted by molar-refractivity contribution is -0.930. The van der Waals surface area contributed by atoms with E-state index in [2.05, 4.69) is 24.3 Å². The van der Waals surface area contributed by atoms with Gasteiger partial charge in [-0.1, -0.05) is 35.9 Å². The van der Waals surface area contributed by atoms with Gasteiger partial charge in [-0.3, -0.25) is 9.59 Å². The highest BCUT2D eigenvalue weighted by Crippen LogP contribution is 2.13. The summed E-state index contributed by atoms with van der Waals surface area (Å²) in [6.45, 7) is 2.30. The molecule has 1 atom stereocenters. The molecule has 0 radical (unpaired) electrons. The third-order valence-electron chi connectivity index (χ3n) is 5.11. The van der Waals surface area contributed by atoms with Crippen LogP contribution in [0.1, 0.15) is 27.2 Å². The number of nitrogens with one attached hydrogen (secondary N) is 1. The molecule has 0 fully saturated rings. The van der Waals surface area contributed by atoms with Crippen LogP contribution in [-0.2, 0) is 19.5 Å². The molecule has 0 amide bonds. The lowest BCUT2D eigenvalue weighted by Crippen LogP contribution is -3.10. The fourth-order valence-corrected chi connectivity index (χ4v) is 3.67. The summed E-state index contributed by atoms with van der Waals surface area (Å²) in [4.78, 5) is 25.9. The smallest absolute Gasteiger partial charge is 0.227 e. The minimum Gasteiger partial charge on any atom is -0.478 e. The van der Waals surface area contributed by atoms with E-state index in [-0.39, 0.29) is 23.6 Å². The number of benzene rings is 2. The number of Topliss-reactive ketones (excluding diaryl/α,β-unsaturated/α-hetero) is 1. The Morgan fingerprint density at radius 3 is 2.62 bits per heavy atom. The summed E-state index contributed by atoms with van der Waals surface area (Å²) < 4.78 is 11.0. The van der Waals surface area contributed by atoms with Gasteiger partial charge in [-0.2, -0.15) is 0 Å². The van der Waals surface area contributed by atoms with E-state index in [1.165, 1.54) is 28.4 Å². The third kappa shape index (κ3) is 4.75. The molecule has 3 aromatic rings. The van der Waals surface area contributed by atoms with Gasteiger partial charge in [-0.15, -0.1) is 0 Å². The molecule has 1 aromatic heterocycles. The molecule has 0 bridgehead atoms. The maximum Gasteiger partial charge on any atom is 0.227 e. The van der Waals surface area contributed by atoms with Crippen molar-refractivity contribution in [3.8, 4) is 5.75 Å². The predicted octanol–water partition coefficient (Wildman–Crippen LogP) is 2.70. The number of carbonyl (C=O) groups is 1. The number of hydrogen-bond donors (Lipinski definition) is 1. The van der Waals surface area contributed by atoms with Gasteiger partial charge in [0.15, 0.2) is 18.2 Å². The van der Waals surface area contributed by atoms with Crippen molar-refractivity contribution >= 4 is 17.4 Å². The number of halogens is 1. The normalized spacial score (nSPS) is 15.6. The quantitative estimate of drug-likeness (QED) is 0.635. The fourth-order valence-electron chi connectivity index (χ4n) is 3.54. The molecule has 6 heteroatoms. The average Bonchev–Trinajstić information content (AvgIpc) is 2.73. The van der Waals surface area contributed by atoms with E-state index in [9.17, 15) is 9.59 Å². The van der Waals surface area contributed by atoms with Gasteiger partial charge in [0.1, 0.15) is 19.4 Å². The molecule has 1 aliphatic rings. The van der Waals surface area contributed by atoms with E-state index in [4.69, 9.17) is 20.8 Å². The van der Waals surface area contributed by atoms with Crippen LogP contribution in [0.2, 0.25) is 5.02 Å². The zero-order valence-corrected chi connectivity index (χ0v) is 16.6. The van der Waals surface area contributed by atoms with Gasteiger partial charge >= 0.3 is 0 Å². The Hall–Kier alpha value is -2.89. The van der Waals surface area contributed by atoms with Gasteiger partial charge in [0.25, 0.3) is 0 Å². The van der Waals surface area contributed by atoms with Crippen LogP contribution in [0.4, 0.5) is 0 Å². The van der Waals surface area contributed by atoms with E-state index in [0.717, 1.165) is 19.5 Å². The minimum atomic E-state index is -0.285. The molecule has 1 unspecified atom stereocenters. The predicted molar refractivity (Wildman–Crippen MR) is 110 cm³/mol. The van der Waals surface area contributed by atoms with E-state index in [0.29, 0.717) is 22.9 Å². The average molecular weight is 411 g/mol. The second-order valence-corrected chi connectivity index (χ2v) is 7.60. The maximum atomic E-state index is 12.4. The molecule has 0 spiro atoms. The highest BCUT2D eigenvalue weighted by Gasteiger charge is 2.20. The summed E-state index contributed by atoms with van der Waals surface area (Å²) >= 11 is 5.82. The summed E-state index contributed by atoms with van der Waals surface area (Å²) in [6.07, 6.45) is 2.31. The maximum absolute atomic E-state index is 12.4. The molecule has 0 saturated heterocycles. The number of quaternary nitrogens is 1. The number of fused-ring (bicyclic) bond motifs is 1. The largest absolute Gasteiger partial charge is 0.478 e. The lowest BCUT2D eigenvalue weighted by atomic mass is 10.00. The lowest BCUT2D eigenvalue weighted by Gasteiger charge is -2.25. The van der Waals surface area contributed by atoms with Crippen LogP contribution in [0, 0.1) is 0 Å². The Bertz CT molecular complexity index is 1070. The first kappa shape index (κ1) is 19.4. The van der Waals surface area contributed by atoms with Gasteiger partial charge < -0.3 is 14.1 Å². The van der Waals surface area contributed by atoms with Gasteiger partial charge in [-0.05, 0) is 29.8 Å². The number of ether oxygens (including phenoxy) is 1. The molecule has 2 heterocycles. The fraction of sp³-hybridized carbons (Fsp3) is 0.217. The second kappa shape index (κ2) is 8.64. The van der Waals surface area contributed by atoms with Crippen molar-refractivity contribution in [1.29, 1.82) is 0 Å². The summed E-state index contributed by atoms with van der Waals surface area (Å²) in [5.41, 5.74) is 2.93. The zero-order chi connectivity index (χ0) is 20.2. The number of ketones is 1. The first-order valence-electron chi connectivity index (χ1n) is 9.52. The SMILES string of the molecule is O=C(COc1coc(C[NH+]2CCc3ccccc3C2)cc1=O)c1ccc(Cl)cc1. The van der Waals surface area contributed by atoms with Crippen LogP contribution < -0.4 is 15.1 Å². The van der Waals surface area contributed by atoms with Crippen molar-refractivity contribution in [1.82, 2.24) is 0 Å². The van der Waals surface area contributed by atoms with Crippen molar-refractivity contribution in [3.63, 3.8) is 0 Å². The molecular weight excluding hydrogens is 390 g/mol. The number of hydrogen-bond acceptors (Lipinski definition) is 4. The first-order valence-corrected chi connectivity index (χ1v) is 9.90. The van der Waals surface area contributed by atoms with E-state index in [1.807, 2.05) is 0 Å². The standard InChI is InChI=1S/C23H20ClNO4/c24-19-7-5-17(6-8-19)22(27)14-29-23-15-28-20(11-21(23)26)13-25-10-9-16-3-1-2-4-18(16)12-25/h1-8,11,15H,9-10,12-14H2/p+1. The van der Waals surface area contributed by atoms with Crippen LogP contribution in [0.15, 0.2) is 70.1 Å². The molecular formula is C23H21ClNO4+. The molecule has 0 aliphatic carbocycles. The summed E-state index contributed by atoms with van der Waals surface area (Å²) in [7, 11) is 0. The van der Waals surface area contributed by atoms with E-state index in [1.54, 1.807) is 24.3 Å². The Morgan fingerprint density at radius 1 is 1.10 bits per heavy atom. The molecule has 4 rings (SSSR count). The van der Waals surface area contributed by atoms with Crippen LogP contribution >= 0.6 is 11.6 Å². The molecule has 1 aliphatic heterocycles. The number of rotatable bonds is 6. The molecule has 148 valence electrons. The van der Waals surface area contributed by atoms with Gasteiger partial charge in [-0.25, -0.2) is 0 Å².